The summed E-state index contributed by atoms with van der Waals surface area (Å²) >= 11 is 12.1. The molecule has 0 spiro atoms. The molecule has 0 aromatic heterocycles. The van der Waals surface area contributed by atoms with Gasteiger partial charge in [0, 0.05) is 21.6 Å². The molecule has 0 bridgehead atoms. The molecule has 0 atom stereocenters. The Kier molecular flexibility index (Phi) is 3.99. The van der Waals surface area contributed by atoms with Crippen LogP contribution >= 0.6 is 23.2 Å². The SMILES string of the molecule is NC1CCC(N)(Cc2ccc(Cl)cc2Cl)CC1. The van der Waals surface area contributed by atoms with E-state index >= 15 is 0 Å². The molecule has 2 nitrogen and oxygen atoms in total. The third-order valence-electron chi connectivity index (χ3n) is 3.58. The molecule has 0 radical (unpaired) electrons. The van der Waals surface area contributed by atoms with Crippen molar-refractivity contribution in [1.82, 2.24) is 0 Å². The predicted octanol–water partition coefficient (Wildman–Crippen LogP) is 3.13. The Balaban J connectivity index is 2.09. The minimum Gasteiger partial charge on any atom is -0.328 e. The van der Waals surface area contributed by atoms with Crippen LogP contribution in [0.5, 0.6) is 0 Å². The van der Waals surface area contributed by atoms with Crippen LogP contribution < -0.4 is 11.5 Å². The van der Waals surface area contributed by atoms with Gasteiger partial charge in [0.2, 0.25) is 0 Å². The smallest absolute Gasteiger partial charge is 0.0453 e. The van der Waals surface area contributed by atoms with Crippen LogP contribution in [0.1, 0.15) is 31.2 Å². The zero-order chi connectivity index (χ0) is 12.5. The van der Waals surface area contributed by atoms with E-state index in [2.05, 4.69) is 0 Å². The Morgan fingerprint density at radius 3 is 2.47 bits per heavy atom. The standard InChI is InChI=1S/C13H18Cl2N2/c14-10-2-1-9(12(15)7-10)8-13(17)5-3-11(16)4-6-13/h1-2,7,11H,3-6,8,16-17H2. The topological polar surface area (TPSA) is 52.0 Å². The third kappa shape index (κ3) is 3.35. The van der Waals surface area contributed by atoms with Crippen molar-refractivity contribution in [1.29, 1.82) is 0 Å². The molecule has 0 unspecified atom stereocenters. The summed E-state index contributed by atoms with van der Waals surface area (Å²) in [4.78, 5) is 0. The number of hydrogen-bond donors (Lipinski definition) is 2. The van der Waals surface area contributed by atoms with Gasteiger partial charge in [-0.25, -0.2) is 0 Å². The first kappa shape index (κ1) is 13.2. The summed E-state index contributed by atoms with van der Waals surface area (Å²) in [5.74, 6) is 0. The van der Waals surface area contributed by atoms with Gasteiger partial charge in [0.15, 0.2) is 0 Å². The molecule has 1 fully saturated rings. The van der Waals surface area contributed by atoms with Crippen molar-refractivity contribution in [3.8, 4) is 0 Å². The summed E-state index contributed by atoms with van der Waals surface area (Å²) in [5, 5.41) is 1.37. The Morgan fingerprint density at radius 2 is 1.88 bits per heavy atom. The summed E-state index contributed by atoms with van der Waals surface area (Å²) in [6.45, 7) is 0. The number of rotatable bonds is 2. The Bertz CT molecular complexity index is 398. The van der Waals surface area contributed by atoms with Gasteiger partial charge in [-0.1, -0.05) is 29.3 Å². The lowest BCUT2D eigenvalue weighted by Crippen LogP contribution is -2.47. The summed E-state index contributed by atoms with van der Waals surface area (Å²) in [6, 6.07) is 5.91. The molecule has 0 saturated heterocycles. The second-order valence-electron chi connectivity index (χ2n) is 5.11. The molecule has 0 aliphatic heterocycles. The highest BCUT2D eigenvalue weighted by Crippen LogP contribution is 2.31. The minimum absolute atomic E-state index is 0.159. The lowest BCUT2D eigenvalue weighted by Gasteiger charge is -2.36. The summed E-state index contributed by atoms with van der Waals surface area (Å²) in [6.07, 6.45) is 4.74. The average Bonchev–Trinajstić information content (AvgIpc) is 2.27. The van der Waals surface area contributed by atoms with E-state index in [1.165, 1.54) is 0 Å². The summed E-state index contributed by atoms with van der Waals surface area (Å²) in [5.41, 5.74) is 13.2. The first-order valence-corrected chi connectivity index (χ1v) is 6.72. The minimum atomic E-state index is -0.159. The average molecular weight is 273 g/mol. The van der Waals surface area contributed by atoms with Crippen molar-refractivity contribution in [2.45, 2.75) is 43.7 Å². The van der Waals surface area contributed by atoms with Gasteiger partial charge in [-0.05, 0) is 49.8 Å². The van der Waals surface area contributed by atoms with E-state index in [0.717, 1.165) is 37.7 Å². The molecule has 1 aromatic carbocycles. The van der Waals surface area contributed by atoms with E-state index < -0.39 is 0 Å². The first-order valence-electron chi connectivity index (χ1n) is 5.97. The van der Waals surface area contributed by atoms with E-state index in [-0.39, 0.29) is 5.54 Å². The number of halogens is 2. The monoisotopic (exact) mass is 272 g/mol. The van der Waals surface area contributed by atoms with Gasteiger partial charge in [-0.2, -0.15) is 0 Å². The Labute approximate surface area is 112 Å². The van der Waals surface area contributed by atoms with E-state index in [9.17, 15) is 0 Å². The van der Waals surface area contributed by atoms with Gasteiger partial charge in [0.05, 0.1) is 0 Å². The van der Waals surface area contributed by atoms with Gasteiger partial charge in [-0.15, -0.1) is 0 Å². The van der Waals surface area contributed by atoms with E-state index in [0.29, 0.717) is 16.1 Å². The summed E-state index contributed by atoms with van der Waals surface area (Å²) in [7, 11) is 0. The van der Waals surface area contributed by atoms with E-state index in [1.54, 1.807) is 6.07 Å². The molecule has 94 valence electrons. The van der Waals surface area contributed by atoms with Crippen LogP contribution in [0.2, 0.25) is 10.0 Å². The van der Waals surface area contributed by atoms with Crippen LogP contribution in [-0.2, 0) is 6.42 Å². The highest BCUT2D eigenvalue weighted by molar-refractivity contribution is 6.35. The van der Waals surface area contributed by atoms with Crippen molar-refractivity contribution in [3.63, 3.8) is 0 Å². The van der Waals surface area contributed by atoms with Crippen LogP contribution in [-0.4, -0.2) is 11.6 Å². The molecule has 4 N–H and O–H groups in total. The molecule has 1 aliphatic carbocycles. The largest absolute Gasteiger partial charge is 0.328 e. The van der Waals surface area contributed by atoms with Crippen molar-refractivity contribution < 1.29 is 0 Å². The van der Waals surface area contributed by atoms with Crippen molar-refractivity contribution in [2.75, 3.05) is 0 Å². The second-order valence-corrected chi connectivity index (χ2v) is 5.96. The van der Waals surface area contributed by atoms with Crippen molar-refractivity contribution >= 4 is 23.2 Å². The third-order valence-corrected chi connectivity index (χ3v) is 4.17. The fourth-order valence-electron chi connectivity index (χ4n) is 2.44. The number of benzene rings is 1. The zero-order valence-corrected chi connectivity index (χ0v) is 11.3. The molecular formula is C13H18Cl2N2. The van der Waals surface area contributed by atoms with Gasteiger partial charge in [-0.3, -0.25) is 0 Å². The van der Waals surface area contributed by atoms with Crippen LogP contribution in [0.3, 0.4) is 0 Å². The lowest BCUT2D eigenvalue weighted by molar-refractivity contribution is 0.271. The molecule has 1 saturated carbocycles. The fourth-order valence-corrected chi connectivity index (χ4v) is 2.91. The maximum absolute atomic E-state index is 6.41. The van der Waals surface area contributed by atoms with Crippen molar-refractivity contribution in [2.24, 2.45) is 11.5 Å². The number of nitrogens with two attached hydrogens (primary N) is 2. The Hall–Kier alpha value is -0.280. The zero-order valence-electron chi connectivity index (χ0n) is 9.76. The molecule has 1 aliphatic rings. The quantitative estimate of drug-likeness (QED) is 0.869. The second kappa shape index (κ2) is 5.15. The molecule has 17 heavy (non-hydrogen) atoms. The van der Waals surface area contributed by atoms with Crippen LogP contribution in [0, 0.1) is 0 Å². The van der Waals surface area contributed by atoms with Gasteiger partial charge in [0.25, 0.3) is 0 Å². The predicted molar refractivity (Wildman–Crippen MR) is 73.5 cm³/mol. The highest BCUT2D eigenvalue weighted by Gasteiger charge is 2.31. The maximum atomic E-state index is 6.41. The molecule has 0 heterocycles. The van der Waals surface area contributed by atoms with Gasteiger partial charge >= 0.3 is 0 Å². The van der Waals surface area contributed by atoms with Crippen LogP contribution in [0.4, 0.5) is 0 Å². The normalized spacial score (nSPS) is 29.3. The van der Waals surface area contributed by atoms with Gasteiger partial charge in [0.1, 0.15) is 0 Å². The molecule has 0 amide bonds. The van der Waals surface area contributed by atoms with Crippen molar-refractivity contribution in [3.05, 3.63) is 33.8 Å². The maximum Gasteiger partial charge on any atom is 0.0453 e. The Morgan fingerprint density at radius 1 is 1.24 bits per heavy atom. The number of hydrogen-bond acceptors (Lipinski definition) is 2. The summed E-state index contributed by atoms with van der Waals surface area (Å²) < 4.78 is 0. The molecule has 4 heteroatoms. The highest BCUT2D eigenvalue weighted by atomic mass is 35.5. The fraction of sp³-hybridized carbons (Fsp3) is 0.538. The van der Waals surface area contributed by atoms with E-state index in [1.807, 2.05) is 12.1 Å². The van der Waals surface area contributed by atoms with Crippen LogP contribution in [0.15, 0.2) is 18.2 Å². The molecule has 1 aromatic rings. The first-order chi connectivity index (χ1) is 7.98. The van der Waals surface area contributed by atoms with E-state index in [4.69, 9.17) is 34.7 Å². The van der Waals surface area contributed by atoms with Crippen LogP contribution in [0.25, 0.3) is 0 Å². The van der Waals surface area contributed by atoms with Gasteiger partial charge < -0.3 is 11.5 Å². The lowest BCUT2D eigenvalue weighted by atomic mass is 9.77. The molecule has 2 rings (SSSR count). The molecular weight excluding hydrogens is 255 g/mol.